The van der Waals surface area contributed by atoms with Crippen molar-refractivity contribution in [2.45, 2.75) is 12.0 Å². The van der Waals surface area contributed by atoms with Gasteiger partial charge in [-0.2, -0.15) is 14.0 Å². The number of fused-ring (bicyclic) bond motifs is 2. The fraction of sp³-hybridized carbons (Fsp3) is 0.0909. The molecule has 2 aromatic heterocycles. The number of carbonyl (C=O) groups is 2. The third kappa shape index (κ3) is 5.44. The highest BCUT2D eigenvalue weighted by molar-refractivity contribution is 5.90. The van der Waals surface area contributed by atoms with E-state index in [2.05, 4.69) is 0 Å². The monoisotopic (exact) mass is 612 g/mol. The molecule has 1 atom stereocenters. The molecule has 2 N–H and O–H groups in total. The number of halogens is 1. The lowest BCUT2D eigenvalue weighted by atomic mass is 9.88. The summed E-state index contributed by atoms with van der Waals surface area (Å²) in [6.45, 7) is 0.407. The minimum atomic E-state index is -4.85. The van der Waals surface area contributed by atoms with Crippen molar-refractivity contribution in [2.24, 2.45) is 0 Å². The Labute approximate surface area is 253 Å². The van der Waals surface area contributed by atoms with Crippen molar-refractivity contribution in [3.63, 3.8) is 0 Å². The van der Waals surface area contributed by atoms with E-state index in [0.717, 1.165) is 22.3 Å². The van der Waals surface area contributed by atoms with Crippen LogP contribution in [0.4, 0.5) is 0 Å². The van der Waals surface area contributed by atoms with Crippen LogP contribution in [0.2, 0.25) is 0 Å². The van der Waals surface area contributed by atoms with Crippen LogP contribution in [-0.4, -0.2) is 38.0 Å². The summed E-state index contributed by atoms with van der Waals surface area (Å²) in [5.74, 6) is -2.14. The number of carboxylic acids is 2. The fourth-order valence-corrected chi connectivity index (χ4v) is 6.27. The number of rotatable bonds is 8. The highest BCUT2D eigenvalue weighted by atomic mass is 35.7. The van der Waals surface area contributed by atoms with Crippen LogP contribution in [0.3, 0.4) is 0 Å². The van der Waals surface area contributed by atoms with Crippen molar-refractivity contribution in [1.82, 2.24) is 9.30 Å². The quantitative estimate of drug-likeness (QED) is 0.305. The molecule has 44 heavy (non-hydrogen) atoms. The van der Waals surface area contributed by atoms with Gasteiger partial charge < -0.3 is 19.5 Å². The number of aromatic nitrogens is 1. The zero-order valence-electron chi connectivity index (χ0n) is 23.0. The molecule has 0 saturated carbocycles. The number of nitrogens with zero attached hydrogens (tertiary/aromatic N) is 2. The lowest BCUT2D eigenvalue weighted by Crippen LogP contribution is -2.64. The smallest absolute Gasteiger partial charge is 0.335 e. The molecule has 1 unspecified atom stereocenters. The largest absolute Gasteiger partial charge is 0.478 e. The number of pyridine rings is 1. The molecule has 0 amide bonds. The average molecular weight is 613 g/mol. The van der Waals surface area contributed by atoms with Gasteiger partial charge in [-0.3, -0.25) is 0 Å². The van der Waals surface area contributed by atoms with Crippen LogP contribution < -0.4 is 14.0 Å². The first-order valence-electron chi connectivity index (χ1n) is 13.5. The van der Waals surface area contributed by atoms with Gasteiger partial charge in [0.25, 0.3) is 5.60 Å². The molecule has 4 heterocycles. The van der Waals surface area contributed by atoms with E-state index in [1.165, 1.54) is 24.3 Å². The second-order valence-corrected chi connectivity index (χ2v) is 11.2. The maximum absolute atomic E-state index is 12.0. The van der Waals surface area contributed by atoms with Gasteiger partial charge in [-0.05, 0) is 66.3 Å². The normalized spacial score (nSPS) is 19.1. The van der Waals surface area contributed by atoms with E-state index < -0.39 is 27.8 Å². The van der Waals surface area contributed by atoms with Crippen molar-refractivity contribution in [1.29, 1.82) is 0 Å². The predicted octanol–water partition coefficient (Wildman–Crippen LogP) is 2.87. The Bertz CT molecular complexity index is 1880. The van der Waals surface area contributed by atoms with Gasteiger partial charge in [0.05, 0.1) is 36.9 Å². The molecule has 0 aliphatic carbocycles. The van der Waals surface area contributed by atoms with Gasteiger partial charge in [-0.1, -0.05) is 48.6 Å². The molecular formula is C33H25ClN2O8. The van der Waals surface area contributed by atoms with Crippen LogP contribution in [0.1, 0.15) is 38.4 Å². The van der Waals surface area contributed by atoms with E-state index in [9.17, 15) is 33.8 Å². The summed E-state index contributed by atoms with van der Waals surface area (Å²) in [7, 11) is -4.85. The van der Waals surface area contributed by atoms with Crippen LogP contribution in [0.25, 0.3) is 22.7 Å². The number of hydrogen-bond acceptors (Lipinski definition) is 7. The van der Waals surface area contributed by atoms with Crippen molar-refractivity contribution in [3.8, 4) is 11.1 Å². The molecule has 1 fully saturated rings. The van der Waals surface area contributed by atoms with E-state index >= 15 is 0 Å². The Hall–Kier alpha value is -4.97. The standard InChI is InChI=1S/C33H25ClN2O8/c37-31(38)23-12-10-22(11-13-23)28-20-26(35-18-3-1-8-29(28)35)6-5-7-27-21-33(44-34(41,42)43,30-9-2-4-19-36(27)30)25-16-14-24(15-17-25)32(39)40/h1-18,20H,19,21H2,(H,37,38)(H,39,40). The van der Waals surface area contributed by atoms with E-state index in [1.807, 2.05) is 64.1 Å². The van der Waals surface area contributed by atoms with Crippen molar-refractivity contribution < 1.29 is 48.3 Å². The third-order valence-corrected chi connectivity index (χ3v) is 8.14. The molecule has 2 aliphatic rings. The van der Waals surface area contributed by atoms with E-state index in [0.29, 0.717) is 23.5 Å². The highest BCUT2D eigenvalue weighted by Gasteiger charge is 2.58. The second kappa shape index (κ2) is 11.3. The fourth-order valence-electron chi connectivity index (χ4n) is 5.72. The first kappa shape index (κ1) is 29.1. The summed E-state index contributed by atoms with van der Waals surface area (Å²) in [6, 6.07) is 20.0. The molecule has 11 heteroatoms. The van der Waals surface area contributed by atoms with Crippen LogP contribution in [0, 0.1) is 10.2 Å². The molecule has 2 aromatic carbocycles. The summed E-state index contributed by atoms with van der Waals surface area (Å²) in [5, 5.41) is 18.6. The van der Waals surface area contributed by atoms with E-state index in [4.69, 9.17) is 4.29 Å². The van der Waals surface area contributed by atoms with Crippen LogP contribution in [0.5, 0.6) is 0 Å². The van der Waals surface area contributed by atoms with Gasteiger partial charge in [0.15, 0.2) is 0 Å². The van der Waals surface area contributed by atoms with Gasteiger partial charge in [-0.25, -0.2) is 9.59 Å². The number of carboxylic acid groups (broad SMARTS) is 2. The van der Waals surface area contributed by atoms with Gasteiger partial charge in [0, 0.05) is 41.7 Å². The highest BCUT2D eigenvalue weighted by Crippen LogP contribution is 2.51. The Kier molecular flexibility index (Phi) is 7.46. The Morgan fingerprint density at radius 1 is 0.932 bits per heavy atom. The third-order valence-electron chi connectivity index (χ3n) is 7.69. The summed E-state index contributed by atoms with van der Waals surface area (Å²) in [4.78, 5) is 24.6. The van der Waals surface area contributed by atoms with Gasteiger partial charge in [-0.15, -0.1) is 0 Å². The summed E-state index contributed by atoms with van der Waals surface area (Å²) in [6.07, 6.45) is 12.8. The summed E-state index contributed by atoms with van der Waals surface area (Å²) >= 11 is 0. The molecule has 222 valence electrons. The zero-order valence-corrected chi connectivity index (χ0v) is 23.8. The molecule has 2 aliphatic heterocycles. The molecule has 0 radical (unpaired) electrons. The topological polar surface area (TPSA) is 161 Å². The van der Waals surface area contributed by atoms with Gasteiger partial charge >= 0.3 is 11.9 Å². The molecule has 4 aromatic rings. The summed E-state index contributed by atoms with van der Waals surface area (Å²) in [5.41, 5.74) is 3.50. The lowest BCUT2D eigenvalue weighted by molar-refractivity contribution is -1.92. The van der Waals surface area contributed by atoms with Crippen molar-refractivity contribution in [3.05, 3.63) is 143 Å². The molecule has 0 bridgehead atoms. The molecule has 0 spiro atoms. The molecule has 6 rings (SSSR count). The zero-order chi connectivity index (χ0) is 31.1. The average Bonchev–Trinajstić information content (AvgIpc) is 3.53. The number of benzene rings is 2. The molecular weight excluding hydrogens is 588 g/mol. The Morgan fingerprint density at radius 2 is 1.61 bits per heavy atom. The van der Waals surface area contributed by atoms with Crippen LogP contribution in [-0.2, 0) is 9.89 Å². The minimum Gasteiger partial charge on any atom is -0.478 e. The molecule has 10 nitrogen and oxygen atoms in total. The Balaban J connectivity index is 1.38. The first-order valence-corrected chi connectivity index (χ1v) is 14.7. The predicted molar refractivity (Wildman–Crippen MR) is 152 cm³/mol. The van der Waals surface area contributed by atoms with E-state index in [-0.39, 0.29) is 17.5 Å². The lowest BCUT2D eigenvalue weighted by Gasteiger charge is -2.30. The first-order chi connectivity index (χ1) is 21.1. The van der Waals surface area contributed by atoms with Gasteiger partial charge in [0.2, 0.25) is 0 Å². The van der Waals surface area contributed by atoms with Crippen LogP contribution >= 0.6 is 0 Å². The maximum Gasteiger partial charge on any atom is 0.335 e. The number of hydrogen-bond donors (Lipinski definition) is 2. The van der Waals surface area contributed by atoms with Crippen molar-refractivity contribution in [2.75, 3.05) is 6.54 Å². The Morgan fingerprint density at radius 3 is 2.27 bits per heavy atom. The van der Waals surface area contributed by atoms with Crippen molar-refractivity contribution >= 4 is 23.5 Å². The van der Waals surface area contributed by atoms with Gasteiger partial charge in [0.1, 0.15) is 0 Å². The minimum absolute atomic E-state index is 0.00181. The SMILES string of the molecule is O=C(O)c1ccc(-c2cc(C=CC=C3CC(O[Cl+3]([O-])([O-])[O-])(c4ccc(C(=O)O)cc4)C4=CC=CCN34)n3ccccc23)cc1. The second-order valence-electron chi connectivity index (χ2n) is 10.3. The van der Waals surface area contributed by atoms with E-state index in [1.54, 1.807) is 36.4 Å². The number of aromatic carboxylic acids is 2. The van der Waals surface area contributed by atoms with Crippen LogP contribution in [0.15, 0.2) is 121 Å². The maximum atomic E-state index is 12.0. The molecule has 1 saturated heterocycles. The number of allylic oxidation sites excluding steroid dienone is 4. The summed E-state index contributed by atoms with van der Waals surface area (Å²) < 4.78 is 43.2.